The summed E-state index contributed by atoms with van der Waals surface area (Å²) in [6, 6.07) is 13.2. The van der Waals surface area contributed by atoms with Gasteiger partial charge in [-0.2, -0.15) is 5.10 Å². The number of hydrogen-bond acceptors (Lipinski definition) is 2. The van der Waals surface area contributed by atoms with Gasteiger partial charge in [0.05, 0.1) is 18.1 Å². The number of hydrogen-bond donors (Lipinski definition) is 0. The van der Waals surface area contributed by atoms with Crippen LogP contribution in [0.15, 0.2) is 60.9 Å². The molecule has 5 heteroatoms. The summed E-state index contributed by atoms with van der Waals surface area (Å²) in [5.41, 5.74) is 0.635. The monoisotopic (exact) mass is 288 g/mol. The molecule has 3 rings (SSSR count). The number of rotatable bonds is 3. The highest BCUT2D eigenvalue weighted by Crippen LogP contribution is 2.23. The molecule has 0 aliphatic rings. The van der Waals surface area contributed by atoms with E-state index in [1.807, 2.05) is 0 Å². The van der Waals surface area contributed by atoms with E-state index in [0.717, 1.165) is 0 Å². The van der Waals surface area contributed by atoms with Crippen LogP contribution in [0.5, 0.6) is 11.5 Å². The van der Waals surface area contributed by atoms with Crippen molar-refractivity contribution >= 4 is 11.6 Å². The second kappa shape index (κ2) is 5.35. The van der Waals surface area contributed by atoms with Gasteiger partial charge in [-0.05, 0) is 42.5 Å². The third kappa shape index (κ3) is 2.81. The van der Waals surface area contributed by atoms with E-state index in [4.69, 9.17) is 16.3 Å². The van der Waals surface area contributed by atoms with Gasteiger partial charge in [0, 0.05) is 5.02 Å². The topological polar surface area (TPSA) is 27.1 Å². The van der Waals surface area contributed by atoms with Crippen molar-refractivity contribution in [1.82, 2.24) is 9.78 Å². The zero-order valence-corrected chi connectivity index (χ0v) is 11.1. The summed E-state index contributed by atoms with van der Waals surface area (Å²) < 4.78 is 20.3. The Kier molecular flexibility index (Phi) is 3.39. The summed E-state index contributed by atoms with van der Waals surface area (Å²) in [5, 5.41) is 4.79. The van der Waals surface area contributed by atoms with Crippen molar-refractivity contribution in [3.63, 3.8) is 0 Å². The maximum atomic E-state index is 13.2. The van der Waals surface area contributed by atoms with Crippen LogP contribution in [0.4, 0.5) is 4.39 Å². The Morgan fingerprint density at radius 3 is 2.60 bits per heavy atom. The lowest BCUT2D eigenvalue weighted by molar-refractivity contribution is 0.482. The maximum Gasteiger partial charge on any atom is 0.165 e. The average Bonchev–Trinajstić information content (AvgIpc) is 2.90. The van der Waals surface area contributed by atoms with Crippen LogP contribution in [-0.2, 0) is 0 Å². The number of aromatic nitrogens is 2. The quantitative estimate of drug-likeness (QED) is 0.711. The molecule has 1 heterocycles. The third-order valence-electron chi connectivity index (χ3n) is 2.68. The average molecular weight is 289 g/mol. The second-order valence-electron chi connectivity index (χ2n) is 4.16. The van der Waals surface area contributed by atoms with Crippen molar-refractivity contribution in [2.24, 2.45) is 0 Å². The first kappa shape index (κ1) is 12.7. The van der Waals surface area contributed by atoms with E-state index < -0.39 is 0 Å². The van der Waals surface area contributed by atoms with Gasteiger partial charge in [0.1, 0.15) is 11.6 Å². The minimum absolute atomic E-state index is 0.307. The molecule has 0 radical (unpaired) electrons. The molecule has 0 amide bonds. The number of ether oxygens (including phenoxy) is 1. The normalized spacial score (nSPS) is 10.5. The molecule has 0 atom stereocenters. The molecule has 100 valence electrons. The Morgan fingerprint density at radius 2 is 1.85 bits per heavy atom. The van der Waals surface area contributed by atoms with Crippen LogP contribution in [-0.4, -0.2) is 9.78 Å². The summed E-state index contributed by atoms with van der Waals surface area (Å²) in [6.45, 7) is 0. The van der Waals surface area contributed by atoms with Crippen molar-refractivity contribution in [3.05, 3.63) is 71.8 Å². The van der Waals surface area contributed by atoms with E-state index in [9.17, 15) is 4.39 Å². The van der Waals surface area contributed by atoms with E-state index in [2.05, 4.69) is 5.10 Å². The van der Waals surface area contributed by atoms with Gasteiger partial charge in [-0.1, -0.05) is 17.7 Å². The van der Waals surface area contributed by atoms with Crippen molar-refractivity contribution in [2.75, 3.05) is 0 Å². The van der Waals surface area contributed by atoms with Crippen LogP contribution in [0.25, 0.3) is 5.69 Å². The molecule has 3 nitrogen and oxygen atoms in total. The lowest BCUT2D eigenvalue weighted by Crippen LogP contribution is -1.94. The molecule has 0 fully saturated rings. The Bertz CT molecular complexity index is 725. The van der Waals surface area contributed by atoms with E-state index in [1.54, 1.807) is 53.5 Å². The predicted molar refractivity (Wildman–Crippen MR) is 75.0 cm³/mol. The van der Waals surface area contributed by atoms with Crippen molar-refractivity contribution in [3.8, 4) is 17.2 Å². The highest BCUT2D eigenvalue weighted by molar-refractivity contribution is 6.30. The molecule has 0 aliphatic heterocycles. The first-order valence-electron chi connectivity index (χ1n) is 5.95. The first-order valence-corrected chi connectivity index (χ1v) is 6.32. The Balaban J connectivity index is 1.82. The predicted octanol–water partition coefficient (Wildman–Crippen LogP) is 4.46. The number of benzene rings is 2. The van der Waals surface area contributed by atoms with E-state index in [-0.39, 0.29) is 5.82 Å². The summed E-state index contributed by atoms with van der Waals surface area (Å²) in [5.74, 6) is 0.919. The van der Waals surface area contributed by atoms with Gasteiger partial charge in [-0.25, -0.2) is 9.07 Å². The van der Waals surface area contributed by atoms with Gasteiger partial charge in [-0.3, -0.25) is 0 Å². The summed E-state index contributed by atoms with van der Waals surface area (Å²) in [4.78, 5) is 0. The molecule has 0 N–H and O–H groups in total. The number of nitrogens with zero attached hydrogens (tertiary/aromatic N) is 2. The van der Waals surface area contributed by atoms with E-state index in [0.29, 0.717) is 22.2 Å². The zero-order valence-electron chi connectivity index (χ0n) is 10.3. The van der Waals surface area contributed by atoms with Gasteiger partial charge in [0.25, 0.3) is 0 Å². The Labute approximate surface area is 120 Å². The largest absolute Gasteiger partial charge is 0.454 e. The molecule has 0 unspecified atom stereocenters. The smallest absolute Gasteiger partial charge is 0.165 e. The molecule has 0 aliphatic carbocycles. The Morgan fingerprint density at radius 1 is 1.05 bits per heavy atom. The van der Waals surface area contributed by atoms with Crippen LogP contribution < -0.4 is 4.74 Å². The SMILES string of the molecule is Fc1cccc(-n2cc(Oc3ccc(Cl)cc3)cn2)c1. The molecule has 0 saturated carbocycles. The molecule has 0 bridgehead atoms. The minimum atomic E-state index is -0.307. The minimum Gasteiger partial charge on any atom is -0.454 e. The molecular weight excluding hydrogens is 279 g/mol. The van der Waals surface area contributed by atoms with Gasteiger partial charge in [-0.15, -0.1) is 0 Å². The van der Waals surface area contributed by atoms with Crippen LogP contribution in [0, 0.1) is 5.82 Å². The van der Waals surface area contributed by atoms with Gasteiger partial charge in [0.2, 0.25) is 0 Å². The third-order valence-corrected chi connectivity index (χ3v) is 2.93. The Hall–Kier alpha value is -2.33. The van der Waals surface area contributed by atoms with Gasteiger partial charge in [0.15, 0.2) is 5.75 Å². The zero-order chi connectivity index (χ0) is 13.9. The standard InChI is InChI=1S/C15H10ClFN2O/c16-11-4-6-14(7-5-11)20-15-9-18-19(10-15)13-3-1-2-12(17)8-13/h1-10H. The molecule has 3 aromatic rings. The molecular formula is C15H10ClFN2O. The summed E-state index contributed by atoms with van der Waals surface area (Å²) in [7, 11) is 0. The van der Waals surface area contributed by atoms with Crippen LogP contribution in [0.2, 0.25) is 5.02 Å². The number of halogens is 2. The second-order valence-corrected chi connectivity index (χ2v) is 4.59. The fourth-order valence-corrected chi connectivity index (χ4v) is 1.88. The molecule has 1 aromatic heterocycles. The van der Waals surface area contributed by atoms with Crippen LogP contribution >= 0.6 is 11.6 Å². The fraction of sp³-hybridized carbons (Fsp3) is 0. The van der Waals surface area contributed by atoms with Crippen molar-refractivity contribution in [1.29, 1.82) is 0 Å². The van der Waals surface area contributed by atoms with Gasteiger partial charge >= 0.3 is 0 Å². The maximum absolute atomic E-state index is 13.2. The molecule has 0 spiro atoms. The highest BCUT2D eigenvalue weighted by atomic mass is 35.5. The summed E-state index contributed by atoms with van der Waals surface area (Å²) >= 11 is 5.81. The van der Waals surface area contributed by atoms with Crippen LogP contribution in [0.1, 0.15) is 0 Å². The van der Waals surface area contributed by atoms with Crippen molar-refractivity contribution in [2.45, 2.75) is 0 Å². The lowest BCUT2D eigenvalue weighted by Gasteiger charge is -2.02. The van der Waals surface area contributed by atoms with E-state index in [1.165, 1.54) is 12.1 Å². The highest BCUT2D eigenvalue weighted by Gasteiger charge is 2.04. The first-order chi connectivity index (χ1) is 9.70. The van der Waals surface area contributed by atoms with E-state index >= 15 is 0 Å². The van der Waals surface area contributed by atoms with Crippen LogP contribution in [0.3, 0.4) is 0 Å². The van der Waals surface area contributed by atoms with Gasteiger partial charge < -0.3 is 4.74 Å². The molecule has 0 saturated heterocycles. The summed E-state index contributed by atoms with van der Waals surface area (Å²) in [6.07, 6.45) is 3.25. The molecule has 20 heavy (non-hydrogen) atoms. The molecule has 2 aromatic carbocycles. The van der Waals surface area contributed by atoms with Crippen molar-refractivity contribution < 1.29 is 9.13 Å². The lowest BCUT2D eigenvalue weighted by atomic mass is 10.3. The fourth-order valence-electron chi connectivity index (χ4n) is 1.76.